The van der Waals surface area contributed by atoms with Crippen molar-refractivity contribution in [2.24, 2.45) is 7.05 Å². The Labute approximate surface area is 213 Å². The second kappa shape index (κ2) is 7.67. The molecule has 7 rings (SSSR count). The number of tetrazole rings is 1. The smallest absolute Gasteiger partial charge is 0.274 e. The monoisotopic (exact) mass is 539 g/mol. The molecule has 0 radical (unpaired) electrons. The lowest BCUT2D eigenvalue weighted by molar-refractivity contribution is 0.117. The molecule has 6 aromatic rings. The third-order valence-corrected chi connectivity index (χ3v) is 7.49. The van der Waals surface area contributed by atoms with Crippen LogP contribution in [0.1, 0.15) is 22.4 Å². The number of ether oxygens (including phenoxy) is 1. The average Bonchev–Trinajstić information content (AvgIpc) is 3.56. The zero-order chi connectivity index (χ0) is 24.4. The summed E-state index contributed by atoms with van der Waals surface area (Å²) in [5.41, 5.74) is 3.71. The van der Waals surface area contributed by atoms with Gasteiger partial charge in [0, 0.05) is 28.0 Å². The van der Waals surface area contributed by atoms with Crippen LogP contribution in [-0.4, -0.2) is 39.7 Å². The molecule has 1 aliphatic rings. The lowest BCUT2D eigenvalue weighted by atomic mass is 9.82. The molecule has 0 spiro atoms. The van der Waals surface area contributed by atoms with Crippen LogP contribution in [0.15, 0.2) is 77.7 Å². The minimum Gasteiger partial charge on any atom is -0.489 e. The van der Waals surface area contributed by atoms with Crippen molar-refractivity contribution >= 4 is 32.6 Å². The number of hydrogen-bond acceptors (Lipinski definition) is 7. The van der Waals surface area contributed by atoms with Gasteiger partial charge in [0.05, 0.1) is 29.4 Å². The number of aryl methyl sites for hydroxylation is 1. The Morgan fingerprint density at radius 3 is 2.78 bits per heavy atom. The second-order valence-corrected chi connectivity index (χ2v) is 9.66. The molecule has 0 fully saturated rings. The van der Waals surface area contributed by atoms with E-state index in [9.17, 15) is 5.11 Å². The molecular weight excluding hydrogens is 522 g/mol. The fourth-order valence-corrected chi connectivity index (χ4v) is 5.26. The van der Waals surface area contributed by atoms with Crippen molar-refractivity contribution in [1.29, 1.82) is 0 Å². The lowest BCUT2D eigenvalue weighted by Gasteiger charge is -2.30. The zero-order valence-corrected chi connectivity index (χ0v) is 20.6. The van der Waals surface area contributed by atoms with Gasteiger partial charge in [-0.15, -0.1) is 0 Å². The Kier molecular flexibility index (Phi) is 4.51. The van der Waals surface area contributed by atoms with Crippen molar-refractivity contribution in [2.75, 3.05) is 0 Å². The van der Waals surface area contributed by atoms with Gasteiger partial charge in [-0.3, -0.25) is 0 Å². The summed E-state index contributed by atoms with van der Waals surface area (Å²) in [7, 11) is 1.87. The molecule has 0 amide bonds. The van der Waals surface area contributed by atoms with E-state index in [1.54, 1.807) is 17.0 Å². The fraction of sp³-hybridized carbons (Fsp3) is 0.115. The Morgan fingerprint density at radius 1 is 1.06 bits per heavy atom. The molecule has 4 heterocycles. The van der Waals surface area contributed by atoms with E-state index in [0.29, 0.717) is 40.6 Å². The molecule has 3 aromatic heterocycles. The number of hydrogen-bond donors (Lipinski definition) is 1. The summed E-state index contributed by atoms with van der Waals surface area (Å²) < 4.78 is 10.5. The molecule has 0 saturated carbocycles. The van der Waals surface area contributed by atoms with Gasteiger partial charge in [-0.05, 0) is 58.0 Å². The standard InChI is InChI=1S/C26H18BrN7O2/c1-33-14-28-12-23(33)26(35)17-5-7-21(27)16(9-17)13-36-19-4-2-3-15(10-19)24-20-11-18(26)6-8-22(20)34-25(29-24)30-31-32-34/h2-12,14,35H,13H2,1H3. The zero-order valence-electron chi connectivity index (χ0n) is 19.0. The van der Waals surface area contributed by atoms with Crippen molar-refractivity contribution in [3.8, 4) is 17.0 Å². The first-order valence-corrected chi connectivity index (χ1v) is 12.1. The summed E-state index contributed by atoms with van der Waals surface area (Å²) in [6.07, 6.45) is 3.37. The van der Waals surface area contributed by atoms with E-state index in [-0.39, 0.29) is 0 Å². The predicted octanol–water partition coefficient (Wildman–Crippen LogP) is 4.01. The van der Waals surface area contributed by atoms with Crippen LogP contribution in [0.4, 0.5) is 0 Å². The summed E-state index contributed by atoms with van der Waals surface area (Å²) in [5, 5.41) is 25.4. The molecule has 176 valence electrons. The van der Waals surface area contributed by atoms with Gasteiger partial charge >= 0.3 is 0 Å². The number of fused-ring (bicyclic) bond motifs is 8. The topological polar surface area (TPSA) is 103 Å². The average molecular weight is 540 g/mol. The minimum atomic E-state index is -1.51. The van der Waals surface area contributed by atoms with Gasteiger partial charge in [0.15, 0.2) is 5.60 Å². The second-order valence-electron chi connectivity index (χ2n) is 8.81. The first-order valence-electron chi connectivity index (χ1n) is 11.3. The van der Waals surface area contributed by atoms with E-state index in [2.05, 4.69) is 36.4 Å². The maximum absolute atomic E-state index is 12.6. The fourth-order valence-electron chi connectivity index (χ4n) is 4.90. The highest BCUT2D eigenvalue weighted by Gasteiger charge is 2.37. The van der Waals surface area contributed by atoms with Crippen LogP contribution in [0.25, 0.3) is 27.9 Å². The maximum Gasteiger partial charge on any atom is 0.274 e. The molecule has 1 aliphatic heterocycles. The van der Waals surface area contributed by atoms with Crippen LogP contribution in [-0.2, 0) is 19.3 Å². The molecular formula is C26H18BrN7O2. The van der Waals surface area contributed by atoms with Crippen LogP contribution < -0.4 is 4.74 Å². The predicted molar refractivity (Wildman–Crippen MR) is 135 cm³/mol. The highest BCUT2D eigenvalue weighted by atomic mass is 79.9. The number of rotatable bonds is 1. The van der Waals surface area contributed by atoms with Gasteiger partial charge in [-0.2, -0.15) is 4.52 Å². The highest BCUT2D eigenvalue weighted by molar-refractivity contribution is 9.10. The van der Waals surface area contributed by atoms with Crippen molar-refractivity contribution in [3.63, 3.8) is 0 Å². The van der Waals surface area contributed by atoms with Gasteiger partial charge in [0.2, 0.25) is 0 Å². The molecule has 0 saturated heterocycles. The molecule has 36 heavy (non-hydrogen) atoms. The summed E-state index contributed by atoms with van der Waals surface area (Å²) in [6.45, 7) is 0.312. The van der Waals surface area contributed by atoms with E-state index in [0.717, 1.165) is 26.5 Å². The molecule has 10 heteroatoms. The number of aromatic nitrogens is 7. The van der Waals surface area contributed by atoms with E-state index >= 15 is 0 Å². The first kappa shape index (κ1) is 21.2. The molecule has 9 nitrogen and oxygen atoms in total. The molecule has 1 N–H and O–H groups in total. The summed E-state index contributed by atoms with van der Waals surface area (Å²) in [6, 6.07) is 19.4. The summed E-state index contributed by atoms with van der Waals surface area (Å²) in [4.78, 5) is 9.08. The van der Waals surface area contributed by atoms with Crippen LogP contribution in [0.2, 0.25) is 0 Å². The van der Waals surface area contributed by atoms with Crippen molar-refractivity contribution in [1.82, 2.24) is 34.6 Å². The molecule has 1 atom stereocenters. The van der Waals surface area contributed by atoms with E-state index in [1.807, 2.05) is 72.3 Å². The van der Waals surface area contributed by atoms with Crippen LogP contribution in [0, 0.1) is 0 Å². The SMILES string of the molecule is Cn1cncc1C1(O)c2ccc(Br)c(c2)COc2cccc(c2)-c2nc3nnnn3c3ccc1cc23. The number of benzene rings is 3. The van der Waals surface area contributed by atoms with Gasteiger partial charge in [0.25, 0.3) is 5.78 Å². The van der Waals surface area contributed by atoms with Gasteiger partial charge < -0.3 is 14.4 Å². The Bertz CT molecular complexity index is 1810. The van der Waals surface area contributed by atoms with Crippen LogP contribution >= 0.6 is 15.9 Å². The number of halogens is 1. The Balaban J connectivity index is 1.63. The number of aliphatic hydroxyl groups is 1. The maximum atomic E-state index is 12.6. The van der Waals surface area contributed by atoms with Crippen molar-refractivity contribution in [2.45, 2.75) is 12.2 Å². The Hall–Kier alpha value is -4.15. The summed E-state index contributed by atoms with van der Waals surface area (Å²) >= 11 is 3.64. The van der Waals surface area contributed by atoms with Gasteiger partial charge in [-0.1, -0.05) is 45.3 Å². The lowest BCUT2D eigenvalue weighted by Crippen LogP contribution is -2.31. The van der Waals surface area contributed by atoms with Gasteiger partial charge in [0.1, 0.15) is 12.4 Å². The highest BCUT2D eigenvalue weighted by Crippen LogP contribution is 2.41. The molecule has 3 aromatic carbocycles. The number of nitrogens with zero attached hydrogens (tertiary/aromatic N) is 7. The minimum absolute atomic E-state index is 0.312. The first-order chi connectivity index (χ1) is 17.5. The normalized spacial score (nSPS) is 17.0. The van der Waals surface area contributed by atoms with E-state index < -0.39 is 5.60 Å². The third kappa shape index (κ3) is 3.01. The molecule has 0 aliphatic carbocycles. The van der Waals surface area contributed by atoms with Crippen LogP contribution in [0.5, 0.6) is 5.75 Å². The van der Waals surface area contributed by atoms with E-state index in [4.69, 9.17) is 9.72 Å². The molecule has 6 bridgehead atoms. The quantitative estimate of drug-likeness (QED) is 0.336. The van der Waals surface area contributed by atoms with Crippen LogP contribution in [0.3, 0.4) is 0 Å². The number of imidazole rings is 1. The van der Waals surface area contributed by atoms with Gasteiger partial charge in [-0.25, -0.2) is 9.97 Å². The van der Waals surface area contributed by atoms with Crippen molar-refractivity contribution < 1.29 is 9.84 Å². The van der Waals surface area contributed by atoms with Crippen molar-refractivity contribution in [3.05, 3.63) is 100 Å². The largest absolute Gasteiger partial charge is 0.489 e. The molecule has 1 unspecified atom stereocenters. The summed E-state index contributed by atoms with van der Waals surface area (Å²) in [5.74, 6) is 1.09. The van der Waals surface area contributed by atoms with E-state index in [1.165, 1.54) is 0 Å². The Morgan fingerprint density at radius 2 is 1.92 bits per heavy atom. The third-order valence-electron chi connectivity index (χ3n) is 6.72.